The maximum absolute atomic E-state index is 10.1. The lowest BCUT2D eigenvalue weighted by molar-refractivity contribution is 0.0534. The molecule has 0 bridgehead atoms. The number of hydrogen-bond acceptors (Lipinski definition) is 5. The van der Waals surface area contributed by atoms with E-state index in [9.17, 15) is 5.11 Å². The molecule has 0 aromatic heterocycles. The van der Waals surface area contributed by atoms with Crippen molar-refractivity contribution < 1.29 is 14.6 Å². The first-order valence-electron chi connectivity index (χ1n) is 7.86. The van der Waals surface area contributed by atoms with Gasteiger partial charge < -0.3 is 19.9 Å². The number of hydrogen-bond donors (Lipinski definition) is 2. The molecular weight excluding hydrogens is 256 g/mol. The predicted octanol–water partition coefficient (Wildman–Crippen LogP) is 0.968. The van der Waals surface area contributed by atoms with E-state index in [0.29, 0.717) is 32.2 Å². The minimum atomic E-state index is -0.350. The van der Waals surface area contributed by atoms with Gasteiger partial charge in [0.1, 0.15) is 0 Å². The Hall–Kier alpha value is -0.200. The van der Waals surface area contributed by atoms with Crippen molar-refractivity contribution in [2.45, 2.75) is 33.8 Å². The van der Waals surface area contributed by atoms with Crippen LogP contribution in [0.25, 0.3) is 0 Å². The zero-order valence-electron chi connectivity index (χ0n) is 13.7. The smallest absolute Gasteiger partial charge is 0.0791 e. The summed E-state index contributed by atoms with van der Waals surface area (Å²) < 4.78 is 10.8. The molecule has 0 saturated heterocycles. The molecule has 1 atom stereocenters. The standard InChI is InChI=1S/C15H34N2O3/c1-5-19-9-7-17(8-10-20-6-2)13-15(18)12-16-11-14(3)4/h14-16,18H,5-13H2,1-4H3. The number of rotatable bonds is 14. The minimum Gasteiger partial charge on any atom is -0.390 e. The van der Waals surface area contributed by atoms with Crippen LogP contribution in [0.3, 0.4) is 0 Å². The SMILES string of the molecule is CCOCCN(CCOCC)CC(O)CNCC(C)C. The highest BCUT2D eigenvalue weighted by atomic mass is 16.5. The van der Waals surface area contributed by atoms with Crippen molar-refractivity contribution in [3.8, 4) is 0 Å². The van der Waals surface area contributed by atoms with E-state index in [1.807, 2.05) is 13.8 Å². The van der Waals surface area contributed by atoms with Crippen molar-refractivity contribution >= 4 is 0 Å². The van der Waals surface area contributed by atoms with Crippen LogP contribution < -0.4 is 5.32 Å². The molecule has 20 heavy (non-hydrogen) atoms. The van der Waals surface area contributed by atoms with E-state index in [1.54, 1.807) is 0 Å². The third-order valence-electron chi connectivity index (χ3n) is 2.91. The molecule has 0 rings (SSSR count). The second-order valence-corrected chi connectivity index (χ2v) is 5.40. The van der Waals surface area contributed by atoms with Crippen LogP contribution in [0.4, 0.5) is 0 Å². The van der Waals surface area contributed by atoms with Gasteiger partial charge in [-0.25, -0.2) is 0 Å². The molecule has 0 saturated carbocycles. The summed E-state index contributed by atoms with van der Waals surface area (Å²) in [5.74, 6) is 0.606. The topological polar surface area (TPSA) is 54.0 Å². The molecule has 0 aliphatic heterocycles. The second-order valence-electron chi connectivity index (χ2n) is 5.40. The summed E-state index contributed by atoms with van der Waals surface area (Å²) in [6, 6.07) is 0. The summed E-state index contributed by atoms with van der Waals surface area (Å²) in [5.41, 5.74) is 0. The normalized spacial score (nSPS) is 13.3. The Morgan fingerprint density at radius 2 is 1.55 bits per heavy atom. The van der Waals surface area contributed by atoms with Crippen LogP contribution in [0.5, 0.6) is 0 Å². The quantitative estimate of drug-likeness (QED) is 0.467. The van der Waals surface area contributed by atoms with Crippen LogP contribution in [-0.4, -0.2) is 75.3 Å². The lowest BCUT2D eigenvalue weighted by Gasteiger charge is -2.25. The van der Waals surface area contributed by atoms with Crippen LogP contribution in [0.2, 0.25) is 0 Å². The zero-order valence-corrected chi connectivity index (χ0v) is 13.7. The van der Waals surface area contributed by atoms with Gasteiger partial charge in [-0.3, -0.25) is 4.90 Å². The molecule has 0 aromatic rings. The van der Waals surface area contributed by atoms with Gasteiger partial charge in [-0.1, -0.05) is 13.8 Å². The Morgan fingerprint density at radius 3 is 2.00 bits per heavy atom. The number of nitrogens with one attached hydrogen (secondary N) is 1. The first-order valence-corrected chi connectivity index (χ1v) is 7.86. The first-order chi connectivity index (χ1) is 9.60. The van der Waals surface area contributed by atoms with Gasteiger partial charge in [0, 0.05) is 39.4 Å². The van der Waals surface area contributed by atoms with Crippen molar-refractivity contribution in [1.29, 1.82) is 0 Å². The molecule has 0 aromatic carbocycles. The van der Waals surface area contributed by atoms with E-state index in [1.165, 1.54) is 0 Å². The summed E-state index contributed by atoms with van der Waals surface area (Å²) in [7, 11) is 0. The van der Waals surface area contributed by atoms with Gasteiger partial charge in [-0.15, -0.1) is 0 Å². The Labute approximate surface area is 124 Å². The third-order valence-corrected chi connectivity index (χ3v) is 2.91. The van der Waals surface area contributed by atoms with Gasteiger partial charge in [-0.2, -0.15) is 0 Å². The number of aliphatic hydroxyl groups excluding tert-OH is 1. The molecule has 0 heterocycles. The van der Waals surface area contributed by atoms with Crippen LogP contribution in [0, 0.1) is 5.92 Å². The van der Waals surface area contributed by atoms with Crippen LogP contribution in [-0.2, 0) is 9.47 Å². The molecule has 5 nitrogen and oxygen atoms in total. The molecule has 122 valence electrons. The van der Waals surface area contributed by atoms with E-state index < -0.39 is 0 Å². The van der Waals surface area contributed by atoms with Crippen molar-refractivity contribution in [3.63, 3.8) is 0 Å². The lowest BCUT2D eigenvalue weighted by atomic mass is 10.2. The number of ether oxygens (including phenoxy) is 2. The summed E-state index contributed by atoms with van der Waals surface area (Å²) in [6.45, 7) is 15.1. The Kier molecular flexibility index (Phi) is 13.6. The average Bonchev–Trinajstić information content (AvgIpc) is 2.38. The fourth-order valence-corrected chi connectivity index (χ4v) is 1.87. The van der Waals surface area contributed by atoms with E-state index in [4.69, 9.17) is 9.47 Å². The highest BCUT2D eigenvalue weighted by molar-refractivity contribution is 4.67. The summed E-state index contributed by atoms with van der Waals surface area (Å²) in [4.78, 5) is 2.20. The van der Waals surface area contributed by atoms with Gasteiger partial charge in [0.15, 0.2) is 0 Å². The predicted molar refractivity (Wildman–Crippen MR) is 83.1 cm³/mol. The van der Waals surface area contributed by atoms with Crippen molar-refractivity contribution in [1.82, 2.24) is 10.2 Å². The number of aliphatic hydroxyl groups is 1. The highest BCUT2D eigenvalue weighted by Crippen LogP contribution is 1.95. The fraction of sp³-hybridized carbons (Fsp3) is 1.00. The second kappa shape index (κ2) is 13.8. The maximum atomic E-state index is 10.1. The summed E-state index contributed by atoms with van der Waals surface area (Å²) >= 11 is 0. The van der Waals surface area contributed by atoms with Gasteiger partial charge in [0.05, 0.1) is 19.3 Å². The van der Waals surface area contributed by atoms with E-state index in [2.05, 4.69) is 24.1 Å². The Morgan fingerprint density at radius 1 is 1.00 bits per heavy atom. The molecule has 0 amide bonds. The molecular formula is C15H34N2O3. The van der Waals surface area contributed by atoms with E-state index >= 15 is 0 Å². The van der Waals surface area contributed by atoms with Crippen LogP contribution in [0.1, 0.15) is 27.7 Å². The van der Waals surface area contributed by atoms with Gasteiger partial charge in [0.2, 0.25) is 0 Å². The van der Waals surface area contributed by atoms with Gasteiger partial charge >= 0.3 is 0 Å². The fourth-order valence-electron chi connectivity index (χ4n) is 1.87. The molecule has 2 N–H and O–H groups in total. The van der Waals surface area contributed by atoms with Crippen LogP contribution >= 0.6 is 0 Å². The molecule has 5 heteroatoms. The average molecular weight is 290 g/mol. The first kappa shape index (κ1) is 19.8. The zero-order chi connectivity index (χ0) is 15.2. The molecule has 0 aliphatic rings. The largest absolute Gasteiger partial charge is 0.390 e. The van der Waals surface area contributed by atoms with Gasteiger partial charge in [-0.05, 0) is 26.3 Å². The Balaban J connectivity index is 3.90. The minimum absolute atomic E-state index is 0.350. The van der Waals surface area contributed by atoms with E-state index in [-0.39, 0.29) is 6.10 Å². The van der Waals surface area contributed by atoms with Crippen molar-refractivity contribution in [2.75, 3.05) is 59.2 Å². The molecule has 0 spiro atoms. The lowest BCUT2D eigenvalue weighted by Crippen LogP contribution is -2.41. The molecule has 0 fully saturated rings. The molecule has 0 aliphatic carbocycles. The van der Waals surface area contributed by atoms with Crippen LogP contribution in [0.15, 0.2) is 0 Å². The number of nitrogens with zero attached hydrogens (tertiary/aromatic N) is 1. The summed E-state index contributed by atoms with van der Waals surface area (Å²) in [6.07, 6.45) is -0.350. The van der Waals surface area contributed by atoms with Crippen molar-refractivity contribution in [2.24, 2.45) is 5.92 Å². The molecule has 1 unspecified atom stereocenters. The molecule has 0 radical (unpaired) electrons. The maximum Gasteiger partial charge on any atom is 0.0791 e. The van der Waals surface area contributed by atoms with Gasteiger partial charge in [0.25, 0.3) is 0 Å². The van der Waals surface area contributed by atoms with E-state index in [0.717, 1.165) is 32.8 Å². The monoisotopic (exact) mass is 290 g/mol. The highest BCUT2D eigenvalue weighted by Gasteiger charge is 2.11. The Bertz CT molecular complexity index is 194. The van der Waals surface area contributed by atoms with Crippen molar-refractivity contribution in [3.05, 3.63) is 0 Å². The third kappa shape index (κ3) is 12.8. The summed E-state index contributed by atoms with van der Waals surface area (Å²) in [5, 5.41) is 13.3.